The molecular formula is C25H33N3. The highest BCUT2D eigenvalue weighted by atomic mass is 15.3. The molecule has 28 heavy (non-hydrogen) atoms. The molecule has 0 spiro atoms. The van der Waals surface area contributed by atoms with E-state index >= 15 is 0 Å². The van der Waals surface area contributed by atoms with Crippen LogP contribution in [-0.4, -0.2) is 48.4 Å². The van der Waals surface area contributed by atoms with Gasteiger partial charge in [-0.25, -0.2) is 0 Å². The smallest absolute Gasteiger partial charge is 0.0507 e. The van der Waals surface area contributed by atoms with Crippen molar-refractivity contribution in [2.45, 2.75) is 56.4 Å². The molecule has 5 rings (SSSR count). The van der Waals surface area contributed by atoms with Gasteiger partial charge in [0.1, 0.15) is 0 Å². The molecule has 0 amide bonds. The summed E-state index contributed by atoms with van der Waals surface area (Å²) in [6.07, 6.45) is 5.16. The van der Waals surface area contributed by atoms with Gasteiger partial charge in [0.05, 0.1) is 6.04 Å². The van der Waals surface area contributed by atoms with Crippen LogP contribution in [0.2, 0.25) is 0 Å². The Morgan fingerprint density at radius 2 is 1.57 bits per heavy atom. The van der Waals surface area contributed by atoms with Gasteiger partial charge in [-0.3, -0.25) is 14.7 Å². The molecule has 0 aliphatic carbocycles. The van der Waals surface area contributed by atoms with Gasteiger partial charge in [0.25, 0.3) is 0 Å². The van der Waals surface area contributed by atoms with Crippen molar-refractivity contribution in [3.8, 4) is 0 Å². The number of benzene rings is 2. The summed E-state index contributed by atoms with van der Waals surface area (Å²) in [5.74, 6) is 0. The van der Waals surface area contributed by atoms with Crippen LogP contribution in [0.15, 0.2) is 48.5 Å². The van der Waals surface area contributed by atoms with Crippen LogP contribution in [0, 0.1) is 0 Å². The average molecular weight is 376 g/mol. The van der Waals surface area contributed by atoms with Gasteiger partial charge >= 0.3 is 0 Å². The Morgan fingerprint density at radius 1 is 0.786 bits per heavy atom. The van der Waals surface area contributed by atoms with Crippen molar-refractivity contribution in [1.29, 1.82) is 0 Å². The molecule has 0 N–H and O–H groups in total. The van der Waals surface area contributed by atoms with Gasteiger partial charge in [-0.1, -0.05) is 48.5 Å². The second kappa shape index (κ2) is 7.29. The van der Waals surface area contributed by atoms with E-state index in [1.54, 1.807) is 5.56 Å². The van der Waals surface area contributed by atoms with E-state index in [0.717, 1.165) is 6.54 Å². The molecule has 0 aromatic heterocycles. The minimum absolute atomic E-state index is 0.523. The zero-order valence-corrected chi connectivity index (χ0v) is 17.5. The fourth-order valence-corrected chi connectivity index (χ4v) is 6.13. The minimum Gasteiger partial charge on any atom is -0.299 e. The number of hydrogen-bond acceptors (Lipinski definition) is 3. The second-order valence-corrected chi connectivity index (χ2v) is 9.19. The van der Waals surface area contributed by atoms with Crippen LogP contribution in [0.5, 0.6) is 0 Å². The number of hydrogen-bond donors (Lipinski definition) is 0. The zero-order valence-electron chi connectivity index (χ0n) is 17.5. The Kier molecular flexibility index (Phi) is 4.78. The van der Waals surface area contributed by atoms with Crippen molar-refractivity contribution in [3.05, 3.63) is 70.8 Å². The maximum atomic E-state index is 2.67. The summed E-state index contributed by atoms with van der Waals surface area (Å²) in [6, 6.07) is 20.8. The quantitative estimate of drug-likeness (QED) is 0.765. The van der Waals surface area contributed by atoms with E-state index < -0.39 is 0 Å². The number of rotatable bonds is 3. The van der Waals surface area contributed by atoms with Crippen molar-refractivity contribution in [2.24, 2.45) is 0 Å². The van der Waals surface area contributed by atoms with E-state index in [4.69, 9.17) is 0 Å². The van der Waals surface area contributed by atoms with Crippen molar-refractivity contribution in [3.63, 3.8) is 0 Å². The fourth-order valence-electron chi connectivity index (χ4n) is 6.13. The van der Waals surface area contributed by atoms with Gasteiger partial charge in [0.15, 0.2) is 0 Å². The first-order chi connectivity index (χ1) is 13.6. The Labute approximate surface area is 169 Å². The van der Waals surface area contributed by atoms with Crippen LogP contribution in [-0.2, 0) is 6.54 Å². The lowest BCUT2D eigenvalue weighted by molar-refractivity contribution is 0.132. The van der Waals surface area contributed by atoms with Gasteiger partial charge in [-0.2, -0.15) is 0 Å². The Hall–Kier alpha value is -1.68. The van der Waals surface area contributed by atoms with Crippen LogP contribution in [0.1, 0.15) is 66.1 Å². The van der Waals surface area contributed by atoms with E-state index in [1.165, 1.54) is 48.9 Å². The van der Waals surface area contributed by atoms with Gasteiger partial charge in [0, 0.05) is 24.7 Å². The van der Waals surface area contributed by atoms with Crippen LogP contribution < -0.4 is 0 Å². The van der Waals surface area contributed by atoms with E-state index in [9.17, 15) is 0 Å². The lowest BCUT2D eigenvalue weighted by Crippen LogP contribution is -2.37. The van der Waals surface area contributed by atoms with Crippen molar-refractivity contribution < 1.29 is 0 Å². The molecule has 3 heterocycles. The van der Waals surface area contributed by atoms with Gasteiger partial charge < -0.3 is 0 Å². The third-order valence-corrected chi connectivity index (χ3v) is 7.58. The Morgan fingerprint density at radius 3 is 2.36 bits per heavy atom. The first kappa shape index (κ1) is 18.4. The number of likely N-dealkylation sites (tertiary alicyclic amines) is 2. The van der Waals surface area contributed by atoms with Crippen LogP contribution in [0.4, 0.5) is 0 Å². The summed E-state index contributed by atoms with van der Waals surface area (Å²) >= 11 is 0. The maximum absolute atomic E-state index is 2.67. The zero-order chi connectivity index (χ0) is 19.3. The first-order valence-corrected chi connectivity index (χ1v) is 10.9. The van der Waals surface area contributed by atoms with Crippen molar-refractivity contribution in [2.75, 3.05) is 27.7 Å². The molecule has 3 aliphatic heterocycles. The standard InChI is InChI=1S/C25H33N3/c1-26-15-7-12-22(26)18-9-6-10-19(16-18)23-13-14-24(28(23)3)25-21-11-5-4-8-20(21)17-27(25)2/h4-6,8-11,16,22-25H,7,12-15,17H2,1-3H3. The molecule has 4 unspecified atom stereocenters. The van der Waals surface area contributed by atoms with E-state index in [1.807, 2.05) is 0 Å². The minimum atomic E-state index is 0.523. The number of fused-ring (bicyclic) bond motifs is 1. The Balaban J connectivity index is 1.39. The average Bonchev–Trinajstić information content (AvgIpc) is 3.38. The predicted molar refractivity (Wildman–Crippen MR) is 115 cm³/mol. The molecule has 2 saturated heterocycles. The van der Waals surface area contributed by atoms with E-state index in [-0.39, 0.29) is 0 Å². The van der Waals surface area contributed by atoms with Gasteiger partial charge in [-0.05, 0) is 75.6 Å². The van der Waals surface area contributed by atoms with Crippen molar-refractivity contribution in [1.82, 2.24) is 14.7 Å². The SMILES string of the molecule is CN1CCCC1c1cccc(C2CCC(C3c4ccccc4CN3C)N2C)c1. The third-order valence-electron chi connectivity index (χ3n) is 7.58. The summed E-state index contributed by atoms with van der Waals surface area (Å²) in [7, 11) is 6.92. The summed E-state index contributed by atoms with van der Waals surface area (Å²) in [6.45, 7) is 2.31. The molecule has 4 atom stereocenters. The molecule has 2 aromatic rings. The van der Waals surface area contributed by atoms with Crippen molar-refractivity contribution >= 4 is 0 Å². The molecule has 3 nitrogen and oxygen atoms in total. The first-order valence-electron chi connectivity index (χ1n) is 10.9. The summed E-state index contributed by atoms with van der Waals surface area (Å²) in [4.78, 5) is 7.74. The highest BCUT2D eigenvalue weighted by Crippen LogP contribution is 2.45. The number of nitrogens with zero attached hydrogens (tertiary/aromatic N) is 3. The molecule has 148 valence electrons. The number of likely N-dealkylation sites (N-methyl/N-ethyl adjacent to an activating group) is 2. The summed E-state index contributed by atoms with van der Waals surface area (Å²) in [5.41, 5.74) is 6.08. The third kappa shape index (κ3) is 3.01. The second-order valence-electron chi connectivity index (χ2n) is 9.19. The highest BCUT2D eigenvalue weighted by molar-refractivity contribution is 5.36. The van der Waals surface area contributed by atoms with E-state index in [2.05, 4.69) is 84.4 Å². The van der Waals surface area contributed by atoms with Crippen LogP contribution in [0.25, 0.3) is 0 Å². The molecular weight excluding hydrogens is 342 g/mol. The largest absolute Gasteiger partial charge is 0.299 e. The van der Waals surface area contributed by atoms with Crippen LogP contribution >= 0.6 is 0 Å². The molecule has 0 bridgehead atoms. The Bertz CT molecular complexity index is 847. The molecule has 3 heteroatoms. The molecule has 0 saturated carbocycles. The molecule has 2 fully saturated rings. The summed E-state index contributed by atoms with van der Waals surface area (Å²) in [5, 5.41) is 0. The fraction of sp³-hybridized carbons (Fsp3) is 0.520. The van der Waals surface area contributed by atoms with E-state index in [0.29, 0.717) is 24.2 Å². The van der Waals surface area contributed by atoms with Crippen LogP contribution in [0.3, 0.4) is 0 Å². The normalized spacial score (nSPS) is 31.5. The molecule has 3 aliphatic rings. The molecule has 0 radical (unpaired) electrons. The lowest BCUT2D eigenvalue weighted by Gasteiger charge is -2.34. The monoisotopic (exact) mass is 375 g/mol. The summed E-state index contributed by atoms with van der Waals surface area (Å²) < 4.78 is 0. The predicted octanol–water partition coefficient (Wildman–Crippen LogP) is 4.78. The van der Waals surface area contributed by atoms with Gasteiger partial charge in [0.2, 0.25) is 0 Å². The topological polar surface area (TPSA) is 9.72 Å². The lowest BCUT2D eigenvalue weighted by atomic mass is 9.97. The highest BCUT2D eigenvalue weighted by Gasteiger charge is 2.41. The van der Waals surface area contributed by atoms with Gasteiger partial charge in [-0.15, -0.1) is 0 Å². The maximum Gasteiger partial charge on any atom is 0.0507 e. The molecule has 2 aromatic carbocycles.